The molecule has 3 aromatic rings. The molecule has 6 N–H and O–H groups in total. The average Bonchev–Trinajstić information content (AvgIpc) is 3.05. The highest BCUT2D eigenvalue weighted by molar-refractivity contribution is 9.10. The standard InChI is InChI=1S/C35H45BrN6O6S/c1-21(2)31(32(37)43)41-33(44)23(4)38-20-29(16-24-10-8-7-9-11-24)40-35(46)27-17-26(18-30(19-27)42(5)49(6,47)48)34(45)39-22(3)25-12-14-28(36)15-13-25/h7-15,17-19,21-23,29,31,38H,16,20H2,1-6H3,(H2,37,43)(H,39,45)(H,40,46)(H,41,44)/t22-,23+,29+,31+/m1/s1. The van der Waals surface area contributed by atoms with Crippen LogP contribution in [0, 0.1) is 5.92 Å². The predicted molar refractivity (Wildman–Crippen MR) is 195 cm³/mol. The van der Waals surface area contributed by atoms with Gasteiger partial charge in [0.1, 0.15) is 6.04 Å². The smallest absolute Gasteiger partial charge is 0.251 e. The molecule has 3 aromatic carbocycles. The van der Waals surface area contributed by atoms with E-state index in [1.807, 2.05) is 61.5 Å². The number of nitrogens with zero attached hydrogens (tertiary/aromatic N) is 1. The van der Waals surface area contributed by atoms with Crippen molar-refractivity contribution in [3.63, 3.8) is 0 Å². The summed E-state index contributed by atoms with van der Waals surface area (Å²) < 4.78 is 26.8. The molecule has 0 aromatic heterocycles. The summed E-state index contributed by atoms with van der Waals surface area (Å²) in [6.07, 6.45) is 1.42. The topological polar surface area (TPSA) is 180 Å². The van der Waals surface area contributed by atoms with Crippen molar-refractivity contribution >= 4 is 55.3 Å². The number of hydrogen-bond donors (Lipinski definition) is 5. The van der Waals surface area contributed by atoms with Gasteiger partial charge in [-0.15, -0.1) is 0 Å². The van der Waals surface area contributed by atoms with Crippen LogP contribution in [0.1, 0.15) is 65.6 Å². The third-order valence-electron chi connectivity index (χ3n) is 8.02. The Bertz CT molecular complexity index is 1740. The van der Waals surface area contributed by atoms with Crippen LogP contribution in [0.5, 0.6) is 0 Å². The second-order valence-corrected chi connectivity index (χ2v) is 15.3. The van der Waals surface area contributed by atoms with Gasteiger partial charge in [0, 0.05) is 35.2 Å². The summed E-state index contributed by atoms with van der Waals surface area (Å²) in [4.78, 5) is 52.0. The van der Waals surface area contributed by atoms with Gasteiger partial charge in [0.25, 0.3) is 11.8 Å². The minimum Gasteiger partial charge on any atom is -0.368 e. The van der Waals surface area contributed by atoms with Crippen LogP contribution in [0.15, 0.2) is 77.3 Å². The molecule has 3 rings (SSSR count). The first kappa shape index (κ1) is 39.2. The lowest BCUT2D eigenvalue weighted by Gasteiger charge is -2.25. The molecule has 4 atom stereocenters. The molecule has 0 unspecified atom stereocenters. The first-order chi connectivity index (χ1) is 23.0. The van der Waals surface area contributed by atoms with Gasteiger partial charge in [-0.05, 0) is 67.6 Å². The van der Waals surface area contributed by atoms with Crippen LogP contribution in [0.4, 0.5) is 5.69 Å². The van der Waals surface area contributed by atoms with Crippen LogP contribution < -0.4 is 31.3 Å². The summed E-state index contributed by atoms with van der Waals surface area (Å²) in [5, 5.41) is 11.7. The Balaban J connectivity index is 1.88. The van der Waals surface area contributed by atoms with Crippen molar-refractivity contribution in [1.29, 1.82) is 0 Å². The van der Waals surface area contributed by atoms with Gasteiger partial charge in [-0.2, -0.15) is 0 Å². The Labute approximate surface area is 296 Å². The normalized spacial score (nSPS) is 13.9. The largest absolute Gasteiger partial charge is 0.368 e. The zero-order valence-corrected chi connectivity index (χ0v) is 30.9. The highest BCUT2D eigenvalue weighted by atomic mass is 79.9. The number of nitrogens with two attached hydrogens (primary N) is 1. The Morgan fingerprint density at radius 3 is 1.94 bits per heavy atom. The van der Waals surface area contributed by atoms with Gasteiger partial charge in [0.2, 0.25) is 21.8 Å². The van der Waals surface area contributed by atoms with E-state index in [0.717, 1.165) is 26.2 Å². The van der Waals surface area contributed by atoms with E-state index in [-0.39, 0.29) is 35.3 Å². The van der Waals surface area contributed by atoms with E-state index in [0.29, 0.717) is 6.42 Å². The van der Waals surface area contributed by atoms with Gasteiger partial charge in [0.05, 0.1) is 24.0 Å². The zero-order chi connectivity index (χ0) is 36.5. The summed E-state index contributed by atoms with van der Waals surface area (Å²) in [5.41, 5.74) is 7.53. The number of primary amides is 1. The molecule has 0 saturated carbocycles. The molecule has 0 bridgehead atoms. The summed E-state index contributed by atoms with van der Waals surface area (Å²) in [6.45, 7) is 7.18. The molecule has 0 aliphatic heterocycles. The number of carbonyl (C=O) groups is 4. The molecule has 0 saturated heterocycles. The van der Waals surface area contributed by atoms with Gasteiger partial charge in [0.15, 0.2) is 0 Å². The molecule has 4 amide bonds. The minimum atomic E-state index is -3.73. The molecule has 12 nitrogen and oxygen atoms in total. The highest BCUT2D eigenvalue weighted by Gasteiger charge is 2.26. The van der Waals surface area contributed by atoms with Gasteiger partial charge in [-0.25, -0.2) is 8.42 Å². The van der Waals surface area contributed by atoms with Gasteiger partial charge in [-0.1, -0.05) is 72.2 Å². The van der Waals surface area contributed by atoms with Crippen molar-refractivity contribution in [3.8, 4) is 0 Å². The molecule has 49 heavy (non-hydrogen) atoms. The number of rotatable bonds is 16. The summed E-state index contributed by atoms with van der Waals surface area (Å²) in [7, 11) is -2.39. The fraction of sp³-hybridized carbons (Fsp3) is 0.371. The molecule has 0 fully saturated rings. The Morgan fingerprint density at radius 1 is 0.837 bits per heavy atom. The first-order valence-corrected chi connectivity index (χ1v) is 18.4. The lowest BCUT2D eigenvalue weighted by Crippen LogP contribution is -2.54. The highest BCUT2D eigenvalue weighted by Crippen LogP contribution is 2.23. The Hall–Kier alpha value is -4.27. The fourth-order valence-electron chi connectivity index (χ4n) is 4.96. The number of hydrogen-bond acceptors (Lipinski definition) is 7. The van der Waals surface area contributed by atoms with Crippen molar-refractivity contribution in [1.82, 2.24) is 21.3 Å². The maximum Gasteiger partial charge on any atom is 0.251 e. The minimum absolute atomic E-state index is 0.0690. The van der Waals surface area contributed by atoms with E-state index in [1.165, 1.54) is 25.2 Å². The van der Waals surface area contributed by atoms with Crippen LogP contribution >= 0.6 is 15.9 Å². The van der Waals surface area contributed by atoms with Crippen molar-refractivity contribution in [2.75, 3.05) is 24.2 Å². The Kier molecular flexibility index (Phi) is 13.9. The average molecular weight is 758 g/mol. The molecule has 0 heterocycles. The summed E-state index contributed by atoms with van der Waals surface area (Å²) in [6, 6.07) is 18.7. The number of amides is 4. The molecule has 0 spiro atoms. The van der Waals surface area contributed by atoms with Crippen LogP contribution in [-0.4, -0.2) is 70.0 Å². The molecule has 14 heteroatoms. The van der Waals surface area contributed by atoms with Crippen molar-refractivity contribution < 1.29 is 27.6 Å². The molecular weight excluding hydrogens is 712 g/mol. The Morgan fingerprint density at radius 2 is 1.41 bits per heavy atom. The van der Waals surface area contributed by atoms with Crippen LogP contribution in [0.2, 0.25) is 0 Å². The molecule has 264 valence electrons. The second-order valence-electron chi connectivity index (χ2n) is 12.4. The third-order valence-corrected chi connectivity index (χ3v) is 9.75. The zero-order valence-electron chi connectivity index (χ0n) is 28.5. The monoisotopic (exact) mass is 756 g/mol. The van der Waals surface area contributed by atoms with Gasteiger partial charge in [-0.3, -0.25) is 23.5 Å². The number of carbonyl (C=O) groups excluding carboxylic acids is 4. The number of sulfonamides is 1. The maximum absolute atomic E-state index is 13.8. The van der Waals surface area contributed by atoms with E-state index in [2.05, 4.69) is 37.2 Å². The third kappa shape index (κ3) is 11.7. The van der Waals surface area contributed by atoms with Crippen LogP contribution in [-0.2, 0) is 26.0 Å². The summed E-state index contributed by atoms with van der Waals surface area (Å²) >= 11 is 3.40. The lowest BCUT2D eigenvalue weighted by atomic mass is 10.0. The lowest BCUT2D eigenvalue weighted by molar-refractivity contribution is -0.129. The maximum atomic E-state index is 13.8. The molecule has 0 aliphatic carbocycles. The van der Waals surface area contributed by atoms with Crippen molar-refractivity contribution in [3.05, 3.63) is 99.5 Å². The fourth-order valence-corrected chi connectivity index (χ4v) is 5.71. The molecule has 0 radical (unpaired) electrons. The van der Waals surface area contributed by atoms with Crippen molar-refractivity contribution in [2.45, 2.75) is 58.3 Å². The van der Waals surface area contributed by atoms with Crippen LogP contribution in [0.25, 0.3) is 0 Å². The van der Waals surface area contributed by atoms with Crippen LogP contribution in [0.3, 0.4) is 0 Å². The quantitative estimate of drug-likeness (QED) is 0.149. The predicted octanol–water partition coefficient (Wildman–Crippen LogP) is 3.28. The summed E-state index contributed by atoms with van der Waals surface area (Å²) in [5.74, 6) is -2.30. The van der Waals surface area contributed by atoms with E-state index in [1.54, 1.807) is 20.8 Å². The number of nitrogens with one attached hydrogen (secondary N) is 4. The second kappa shape index (κ2) is 17.4. The number of halogens is 1. The number of benzene rings is 3. The van der Waals surface area contributed by atoms with E-state index < -0.39 is 51.8 Å². The SMILES string of the molecule is CC(C)[C@H](NC(=O)[C@H](C)NC[C@H](Cc1ccccc1)NC(=O)c1cc(C(=O)N[C@H](C)c2ccc(Br)cc2)cc(N(C)S(C)(=O)=O)c1)C(N)=O. The molecular formula is C35H45BrN6O6S. The van der Waals surface area contributed by atoms with Gasteiger partial charge >= 0.3 is 0 Å². The van der Waals surface area contributed by atoms with E-state index in [4.69, 9.17) is 5.73 Å². The molecule has 0 aliphatic rings. The first-order valence-electron chi connectivity index (χ1n) is 15.8. The van der Waals surface area contributed by atoms with Crippen molar-refractivity contribution in [2.24, 2.45) is 11.7 Å². The van der Waals surface area contributed by atoms with E-state index >= 15 is 0 Å². The van der Waals surface area contributed by atoms with Gasteiger partial charge < -0.3 is 27.0 Å². The number of anilines is 1. The van der Waals surface area contributed by atoms with E-state index in [9.17, 15) is 27.6 Å².